The van der Waals surface area contributed by atoms with Crippen LogP contribution in [0.25, 0.3) is 5.57 Å². The molecule has 2 aliphatic heterocycles. The van der Waals surface area contributed by atoms with Crippen LogP contribution in [0.1, 0.15) is 12.0 Å². The smallest absolute Gasteiger partial charge is 0.131 e. The summed E-state index contributed by atoms with van der Waals surface area (Å²) in [6, 6.07) is 7.21. The summed E-state index contributed by atoms with van der Waals surface area (Å²) in [6.45, 7) is 1.49. The summed E-state index contributed by atoms with van der Waals surface area (Å²) in [6.07, 6.45) is 7.03. The molecule has 3 atom stereocenters. The van der Waals surface area contributed by atoms with Gasteiger partial charge in [-0.15, -0.1) is 0 Å². The molecule has 1 saturated heterocycles. The van der Waals surface area contributed by atoms with Crippen LogP contribution in [-0.4, -0.2) is 43.6 Å². The highest BCUT2D eigenvalue weighted by atomic mass is 19.1. The number of hydrogen-bond acceptors (Lipinski definition) is 4. The number of halogens is 1. The van der Waals surface area contributed by atoms with Crippen LogP contribution in [0.4, 0.5) is 4.39 Å². The van der Waals surface area contributed by atoms with E-state index < -0.39 is 0 Å². The van der Waals surface area contributed by atoms with Crippen LogP contribution in [0.15, 0.2) is 47.3 Å². The van der Waals surface area contributed by atoms with E-state index in [0.717, 1.165) is 18.6 Å². The fraction of sp³-hybridized carbons (Fsp3) is 0.389. The van der Waals surface area contributed by atoms with E-state index in [4.69, 9.17) is 9.47 Å². The van der Waals surface area contributed by atoms with Crippen molar-refractivity contribution in [2.24, 2.45) is 11.0 Å². The first-order valence-electron chi connectivity index (χ1n) is 7.91. The van der Waals surface area contributed by atoms with E-state index in [-0.39, 0.29) is 17.8 Å². The van der Waals surface area contributed by atoms with Gasteiger partial charge in [-0.2, -0.15) is 5.10 Å². The van der Waals surface area contributed by atoms with Crippen molar-refractivity contribution in [2.75, 3.05) is 20.3 Å². The monoisotopic (exact) mass is 314 g/mol. The van der Waals surface area contributed by atoms with Crippen molar-refractivity contribution < 1.29 is 13.9 Å². The highest BCUT2D eigenvalue weighted by Gasteiger charge is 2.38. The lowest BCUT2D eigenvalue weighted by Crippen LogP contribution is -2.39. The minimum Gasteiger partial charge on any atom is -0.496 e. The Hall–Kier alpha value is -2.14. The van der Waals surface area contributed by atoms with Crippen LogP contribution >= 0.6 is 0 Å². The van der Waals surface area contributed by atoms with Crippen LogP contribution < -0.4 is 0 Å². The van der Waals surface area contributed by atoms with Gasteiger partial charge in [-0.1, -0.05) is 24.3 Å². The fourth-order valence-corrected chi connectivity index (χ4v) is 3.49. The van der Waals surface area contributed by atoms with Crippen molar-refractivity contribution >= 4 is 11.8 Å². The molecule has 0 saturated carbocycles. The Morgan fingerprint density at radius 1 is 1.30 bits per heavy atom. The number of ether oxygens (including phenoxy) is 2. The summed E-state index contributed by atoms with van der Waals surface area (Å²) >= 11 is 0. The molecular formula is C18H19FN2O2. The molecule has 2 heterocycles. The first-order chi connectivity index (χ1) is 11.3. The molecule has 0 N–H and O–H groups in total. The minimum atomic E-state index is -0.240. The molecule has 0 aromatic heterocycles. The summed E-state index contributed by atoms with van der Waals surface area (Å²) in [5.74, 6) is 0.589. The molecule has 0 spiro atoms. The number of hydrogen-bond donors (Lipinski definition) is 0. The van der Waals surface area contributed by atoms with Gasteiger partial charge in [-0.25, -0.2) is 4.39 Å². The molecule has 3 aliphatic rings. The van der Waals surface area contributed by atoms with Gasteiger partial charge in [0.2, 0.25) is 0 Å². The van der Waals surface area contributed by atoms with Gasteiger partial charge in [0.1, 0.15) is 11.6 Å². The maximum absolute atomic E-state index is 14.2. The number of rotatable bonds is 3. The van der Waals surface area contributed by atoms with Crippen LogP contribution in [0.2, 0.25) is 0 Å². The summed E-state index contributed by atoms with van der Waals surface area (Å²) in [4.78, 5) is 0. The Balaban J connectivity index is 1.67. The molecule has 0 radical (unpaired) electrons. The van der Waals surface area contributed by atoms with Crippen molar-refractivity contribution in [2.45, 2.75) is 18.5 Å². The molecule has 1 aromatic carbocycles. The second kappa shape index (κ2) is 5.81. The quantitative estimate of drug-likeness (QED) is 0.860. The molecule has 1 fully saturated rings. The van der Waals surface area contributed by atoms with Gasteiger partial charge in [-0.3, -0.25) is 5.01 Å². The van der Waals surface area contributed by atoms with Crippen molar-refractivity contribution in [3.63, 3.8) is 0 Å². The average Bonchev–Trinajstić information content (AvgIpc) is 3.23. The highest BCUT2D eigenvalue weighted by molar-refractivity contribution is 5.83. The van der Waals surface area contributed by atoms with Gasteiger partial charge in [0.25, 0.3) is 0 Å². The van der Waals surface area contributed by atoms with E-state index in [9.17, 15) is 4.39 Å². The zero-order valence-electron chi connectivity index (χ0n) is 13.0. The van der Waals surface area contributed by atoms with Gasteiger partial charge in [-0.05, 0) is 18.6 Å². The van der Waals surface area contributed by atoms with Crippen molar-refractivity contribution in [1.82, 2.24) is 5.01 Å². The Bertz CT molecular complexity index is 692. The van der Waals surface area contributed by atoms with Crippen molar-refractivity contribution in [3.05, 3.63) is 53.6 Å². The minimum absolute atomic E-state index is 0.118. The molecule has 1 aromatic rings. The molecule has 0 bridgehead atoms. The van der Waals surface area contributed by atoms with Crippen molar-refractivity contribution in [1.29, 1.82) is 0 Å². The first-order valence-corrected chi connectivity index (χ1v) is 7.91. The van der Waals surface area contributed by atoms with E-state index >= 15 is 0 Å². The molecular weight excluding hydrogens is 295 g/mol. The van der Waals surface area contributed by atoms with Crippen molar-refractivity contribution in [3.8, 4) is 0 Å². The number of hydrazone groups is 1. The third-order valence-electron chi connectivity index (χ3n) is 4.68. The number of allylic oxidation sites excluding steroid dienone is 1. The van der Waals surface area contributed by atoms with E-state index in [0.29, 0.717) is 24.0 Å². The summed E-state index contributed by atoms with van der Waals surface area (Å²) in [7, 11) is 1.62. The maximum Gasteiger partial charge on any atom is 0.131 e. The molecule has 4 nitrogen and oxygen atoms in total. The maximum atomic E-state index is 14.2. The van der Waals surface area contributed by atoms with E-state index in [2.05, 4.69) is 22.3 Å². The lowest BCUT2D eigenvalue weighted by atomic mass is 9.88. The summed E-state index contributed by atoms with van der Waals surface area (Å²) in [5, 5.41) is 6.67. The summed E-state index contributed by atoms with van der Waals surface area (Å²) in [5.41, 5.74) is 1.36. The van der Waals surface area contributed by atoms with E-state index in [1.165, 1.54) is 6.07 Å². The number of nitrogens with zero attached hydrogens (tertiary/aromatic N) is 2. The van der Waals surface area contributed by atoms with Gasteiger partial charge >= 0.3 is 0 Å². The Morgan fingerprint density at radius 2 is 2.17 bits per heavy atom. The van der Waals surface area contributed by atoms with Crippen LogP contribution in [0.3, 0.4) is 0 Å². The summed E-state index contributed by atoms with van der Waals surface area (Å²) < 4.78 is 25.2. The lowest BCUT2D eigenvalue weighted by molar-refractivity contribution is 0.131. The van der Waals surface area contributed by atoms with E-state index in [1.54, 1.807) is 19.2 Å². The topological polar surface area (TPSA) is 34.1 Å². The van der Waals surface area contributed by atoms with Gasteiger partial charge in [0, 0.05) is 29.9 Å². The van der Waals surface area contributed by atoms with Gasteiger partial charge < -0.3 is 9.47 Å². The predicted octanol–water partition coefficient (Wildman–Crippen LogP) is 2.83. The molecule has 4 rings (SSSR count). The Kier molecular flexibility index (Phi) is 3.65. The largest absolute Gasteiger partial charge is 0.496 e. The third kappa shape index (κ3) is 2.45. The van der Waals surface area contributed by atoms with Gasteiger partial charge in [0.15, 0.2) is 0 Å². The standard InChI is InChI=1S/C18H19FN2O2/c1-22-18-9-17-12(10-20-21(17)13-6-7-23-11-13)8-15(18)14-4-2-3-5-16(14)19/h2-5,8-10,12-13,17H,6-7,11H2,1H3. The average molecular weight is 314 g/mol. The second-order valence-electron chi connectivity index (χ2n) is 6.03. The SMILES string of the molecule is COC1=CC2C(C=NN2C2CCOC2)C=C1c1ccccc1F. The number of fused-ring (bicyclic) bond motifs is 1. The predicted molar refractivity (Wildman–Crippen MR) is 86.3 cm³/mol. The molecule has 1 aliphatic carbocycles. The molecule has 23 heavy (non-hydrogen) atoms. The fourth-order valence-electron chi connectivity index (χ4n) is 3.49. The van der Waals surface area contributed by atoms with Crippen LogP contribution in [0.5, 0.6) is 0 Å². The second-order valence-corrected chi connectivity index (χ2v) is 6.03. The van der Waals surface area contributed by atoms with Crippen LogP contribution in [-0.2, 0) is 9.47 Å². The zero-order valence-corrected chi connectivity index (χ0v) is 13.0. The normalized spacial score (nSPS) is 29.3. The first kappa shape index (κ1) is 14.5. The van der Waals surface area contributed by atoms with Crippen LogP contribution in [0, 0.1) is 11.7 Å². The highest BCUT2D eigenvalue weighted by Crippen LogP contribution is 2.37. The zero-order chi connectivity index (χ0) is 15.8. The number of benzene rings is 1. The Morgan fingerprint density at radius 3 is 2.91 bits per heavy atom. The molecule has 120 valence electrons. The van der Waals surface area contributed by atoms with Gasteiger partial charge in [0.05, 0.1) is 25.8 Å². The Labute approximate surface area is 134 Å². The molecule has 5 heteroatoms. The lowest BCUT2D eigenvalue weighted by Gasteiger charge is -2.32. The number of methoxy groups -OCH3 is 1. The molecule has 3 unspecified atom stereocenters. The van der Waals surface area contributed by atoms with E-state index in [1.807, 2.05) is 12.3 Å². The molecule has 0 amide bonds. The third-order valence-corrected chi connectivity index (χ3v) is 4.68.